The van der Waals surface area contributed by atoms with Gasteiger partial charge < -0.3 is 24.3 Å². The quantitative estimate of drug-likeness (QED) is 0.392. The van der Waals surface area contributed by atoms with Gasteiger partial charge in [-0.1, -0.05) is 30.3 Å². The summed E-state index contributed by atoms with van der Waals surface area (Å²) in [6.07, 6.45) is -0.115. The lowest BCUT2D eigenvalue weighted by Gasteiger charge is -2.13. The zero-order chi connectivity index (χ0) is 22.7. The molecular weight excluding hydrogens is 406 g/mol. The molecule has 0 spiro atoms. The Morgan fingerprint density at radius 2 is 1.75 bits per heavy atom. The van der Waals surface area contributed by atoms with Gasteiger partial charge in [-0.3, -0.25) is 4.79 Å². The van der Waals surface area contributed by atoms with Gasteiger partial charge in [0.15, 0.2) is 11.5 Å². The van der Waals surface area contributed by atoms with E-state index in [9.17, 15) is 9.90 Å². The number of methoxy groups -OCH3 is 2. The summed E-state index contributed by atoms with van der Waals surface area (Å²) in [6, 6.07) is 19.3. The molecule has 0 saturated carbocycles. The Labute approximate surface area is 186 Å². The number of hydrogen-bond acceptors (Lipinski definition) is 4. The van der Waals surface area contributed by atoms with Gasteiger partial charge in [-0.2, -0.15) is 0 Å². The van der Waals surface area contributed by atoms with Gasteiger partial charge in [0.1, 0.15) is 12.4 Å². The number of carbonyl (C=O) groups is 1. The Kier molecular flexibility index (Phi) is 6.03. The second-order valence-electron chi connectivity index (χ2n) is 7.56. The van der Waals surface area contributed by atoms with Gasteiger partial charge in [0.2, 0.25) is 0 Å². The summed E-state index contributed by atoms with van der Waals surface area (Å²) >= 11 is 0. The second-order valence-corrected chi connectivity index (χ2v) is 7.56. The average Bonchev–Trinajstić information content (AvgIpc) is 3.16. The van der Waals surface area contributed by atoms with Crippen LogP contribution in [0.25, 0.3) is 22.2 Å². The van der Waals surface area contributed by atoms with Crippen LogP contribution in [0.15, 0.2) is 60.7 Å². The van der Waals surface area contributed by atoms with Crippen LogP contribution in [0.5, 0.6) is 17.2 Å². The molecule has 3 aromatic carbocycles. The summed E-state index contributed by atoms with van der Waals surface area (Å²) in [5, 5.41) is 10.4. The zero-order valence-corrected chi connectivity index (χ0v) is 18.3. The SMILES string of the molecule is COc1cc(C)c2[nH]c(-c3ccc(OCc4ccccc4)c(OC)c3)c(CC(=O)O)c2c1. The van der Waals surface area contributed by atoms with Crippen molar-refractivity contribution in [2.75, 3.05) is 14.2 Å². The minimum atomic E-state index is -0.901. The van der Waals surface area contributed by atoms with Crippen molar-refractivity contribution in [2.24, 2.45) is 0 Å². The third-order valence-electron chi connectivity index (χ3n) is 5.44. The van der Waals surface area contributed by atoms with E-state index in [4.69, 9.17) is 14.2 Å². The topological polar surface area (TPSA) is 80.8 Å². The Hall–Kier alpha value is -3.93. The molecule has 4 rings (SSSR count). The highest BCUT2D eigenvalue weighted by atomic mass is 16.5. The van der Waals surface area contributed by atoms with Crippen LogP contribution >= 0.6 is 0 Å². The van der Waals surface area contributed by atoms with Crippen molar-refractivity contribution in [1.29, 1.82) is 0 Å². The predicted molar refractivity (Wildman–Crippen MR) is 124 cm³/mol. The molecule has 0 fully saturated rings. The number of carboxylic acids is 1. The van der Waals surface area contributed by atoms with Crippen LogP contribution in [0.1, 0.15) is 16.7 Å². The summed E-state index contributed by atoms with van der Waals surface area (Å²) < 4.78 is 16.9. The van der Waals surface area contributed by atoms with E-state index < -0.39 is 5.97 Å². The lowest BCUT2D eigenvalue weighted by molar-refractivity contribution is -0.136. The van der Waals surface area contributed by atoms with Crippen molar-refractivity contribution in [2.45, 2.75) is 20.0 Å². The molecule has 0 saturated heterocycles. The van der Waals surface area contributed by atoms with Crippen molar-refractivity contribution in [3.05, 3.63) is 77.4 Å². The number of hydrogen-bond donors (Lipinski definition) is 2. The first-order valence-corrected chi connectivity index (χ1v) is 10.3. The molecule has 0 radical (unpaired) electrons. The number of ether oxygens (including phenoxy) is 3. The van der Waals surface area contributed by atoms with Gasteiger partial charge in [-0.25, -0.2) is 0 Å². The first kappa shape index (κ1) is 21.3. The maximum Gasteiger partial charge on any atom is 0.307 e. The molecule has 0 bridgehead atoms. The summed E-state index contributed by atoms with van der Waals surface area (Å²) in [4.78, 5) is 15.1. The zero-order valence-electron chi connectivity index (χ0n) is 18.3. The van der Waals surface area contributed by atoms with Crippen LogP contribution in [0.2, 0.25) is 0 Å². The Balaban J connectivity index is 1.76. The van der Waals surface area contributed by atoms with Crippen LogP contribution < -0.4 is 14.2 Å². The molecule has 0 unspecified atom stereocenters. The maximum absolute atomic E-state index is 11.6. The number of aryl methyl sites for hydroxylation is 1. The first-order chi connectivity index (χ1) is 15.5. The summed E-state index contributed by atoms with van der Waals surface area (Å²) in [6.45, 7) is 2.39. The fourth-order valence-electron chi connectivity index (χ4n) is 3.87. The number of aromatic amines is 1. The van der Waals surface area contributed by atoms with Gasteiger partial charge in [0.05, 0.1) is 26.3 Å². The van der Waals surface area contributed by atoms with Crippen LogP contribution in [0.3, 0.4) is 0 Å². The van der Waals surface area contributed by atoms with Gasteiger partial charge >= 0.3 is 5.97 Å². The van der Waals surface area contributed by atoms with E-state index in [-0.39, 0.29) is 6.42 Å². The number of rotatable bonds is 8. The number of carboxylic acid groups (broad SMARTS) is 1. The number of fused-ring (bicyclic) bond motifs is 1. The Morgan fingerprint density at radius 3 is 2.44 bits per heavy atom. The van der Waals surface area contributed by atoms with Crippen LogP contribution in [-0.2, 0) is 17.8 Å². The molecule has 6 heteroatoms. The second kappa shape index (κ2) is 9.06. The summed E-state index contributed by atoms with van der Waals surface area (Å²) in [5.74, 6) is 0.985. The molecule has 4 aromatic rings. The van der Waals surface area contributed by atoms with E-state index in [0.717, 1.165) is 33.3 Å². The number of nitrogens with one attached hydrogen (secondary N) is 1. The third-order valence-corrected chi connectivity index (χ3v) is 5.44. The fourth-order valence-corrected chi connectivity index (χ4v) is 3.87. The molecule has 32 heavy (non-hydrogen) atoms. The molecule has 2 N–H and O–H groups in total. The van der Waals surface area contributed by atoms with E-state index in [2.05, 4.69) is 4.98 Å². The predicted octanol–water partition coefficient (Wildman–Crippen LogP) is 5.37. The number of aliphatic carboxylic acids is 1. The molecule has 0 aliphatic carbocycles. The number of aromatic nitrogens is 1. The van der Waals surface area contributed by atoms with Gasteiger partial charge in [0.25, 0.3) is 0 Å². The van der Waals surface area contributed by atoms with Gasteiger partial charge in [0, 0.05) is 16.5 Å². The van der Waals surface area contributed by atoms with Crippen LogP contribution in [-0.4, -0.2) is 30.3 Å². The van der Waals surface area contributed by atoms with Gasteiger partial charge in [-0.15, -0.1) is 0 Å². The highest BCUT2D eigenvalue weighted by molar-refractivity contribution is 5.96. The van der Waals surface area contributed by atoms with E-state index in [1.165, 1.54) is 0 Å². The van der Waals surface area contributed by atoms with Crippen molar-refractivity contribution < 1.29 is 24.1 Å². The Bertz CT molecular complexity index is 1260. The normalized spacial score (nSPS) is 10.8. The number of H-pyrrole nitrogens is 1. The number of benzene rings is 3. The molecule has 0 atom stereocenters. The molecule has 164 valence electrons. The smallest absolute Gasteiger partial charge is 0.307 e. The minimum Gasteiger partial charge on any atom is -0.497 e. The monoisotopic (exact) mass is 431 g/mol. The fraction of sp³-hybridized carbons (Fsp3) is 0.192. The lowest BCUT2D eigenvalue weighted by atomic mass is 10.0. The van der Waals surface area contributed by atoms with E-state index in [1.54, 1.807) is 14.2 Å². The lowest BCUT2D eigenvalue weighted by Crippen LogP contribution is -2.01. The van der Waals surface area contributed by atoms with Crippen molar-refractivity contribution in [1.82, 2.24) is 4.98 Å². The van der Waals surface area contributed by atoms with E-state index in [1.807, 2.05) is 67.6 Å². The van der Waals surface area contributed by atoms with Crippen LogP contribution in [0, 0.1) is 6.92 Å². The molecule has 0 amide bonds. The highest BCUT2D eigenvalue weighted by Crippen LogP contribution is 2.38. The van der Waals surface area contributed by atoms with Crippen molar-refractivity contribution in [3.63, 3.8) is 0 Å². The maximum atomic E-state index is 11.6. The van der Waals surface area contributed by atoms with E-state index >= 15 is 0 Å². The minimum absolute atomic E-state index is 0.115. The molecule has 6 nitrogen and oxygen atoms in total. The Morgan fingerprint density at radius 1 is 0.969 bits per heavy atom. The third kappa shape index (κ3) is 4.25. The van der Waals surface area contributed by atoms with Gasteiger partial charge in [-0.05, 0) is 53.9 Å². The molecular formula is C26H25NO5. The molecule has 0 aliphatic heterocycles. The summed E-state index contributed by atoms with van der Waals surface area (Å²) in [5.41, 5.74) is 5.19. The van der Waals surface area contributed by atoms with E-state index in [0.29, 0.717) is 29.4 Å². The molecule has 0 aliphatic rings. The highest BCUT2D eigenvalue weighted by Gasteiger charge is 2.19. The molecule has 1 aromatic heterocycles. The average molecular weight is 431 g/mol. The standard InChI is InChI=1S/C26H25NO5/c1-16-11-19(30-2)13-20-21(14-24(28)29)26(27-25(16)20)18-9-10-22(23(12-18)31-3)32-15-17-7-5-4-6-8-17/h4-13,27H,14-15H2,1-3H3,(H,28,29). The first-order valence-electron chi connectivity index (χ1n) is 10.3. The molecule has 1 heterocycles. The van der Waals surface area contributed by atoms with Crippen molar-refractivity contribution in [3.8, 4) is 28.5 Å². The van der Waals surface area contributed by atoms with Crippen LogP contribution in [0.4, 0.5) is 0 Å². The summed E-state index contributed by atoms with van der Waals surface area (Å²) in [7, 11) is 3.19. The van der Waals surface area contributed by atoms with Crippen molar-refractivity contribution >= 4 is 16.9 Å². The largest absolute Gasteiger partial charge is 0.497 e.